The summed E-state index contributed by atoms with van der Waals surface area (Å²) in [6, 6.07) is 3.85. The summed E-state index contributed by atoms with van der Waals surface area (Å²) >= 11 is 0. The maximum atomic E-state index is 8.67. The van der Waals surface area contributed by atoms with Crippen molar-refractivity contribution in [2.24, 2.45) is 16.8 Å². The molecule has 3 N–H and O–H groups in total. The van der Waals surface area contributed by atoms with Crippen molar-refractivity contribution in [2.45, 2.75) is 26.2 Å². The summed E-state index contributed by atoms with van der Waals surface area (Å²) in [5.74, 6) is 0.844. The van der Waals surface area contributed by atoms with Crippen molar-refractivity contribution in [3.05, 3.63) is 24.0 Å². The lowest BCUT2D eigenvalue weighted by Gasteiger charge is -2.19. The fourth-order valence-electron chi connectivity index (χ4n) is 2.52. The molecule has 1 unspecified atom stereocenters. The molecule has 1 saturated heterocycles. The van der Waals surface area contributed by atoms with Crippen molar-refractivity contribution < 1.29 is 5.21 Å². The highest BCUT2D eigenvalue weighted by molar-refractivity contribution is 5.95. The molecule has 0 saturated carbocycles. The summed E-state index contributed by atoms with van der Waals surface area (Å²) in [5.41, 5.74) is 7.18. The molecular formula is C13H20N4O. The van der Waals surface area contributed by atoms with E-state index in [0.717, 1.165) is 24.7 Å². The van der Waals surface area contributed by atoms with Gasteiger partial charge in [-0.1, -0.05) is 18.5 Å². The lowest BCUT2D eigenvalue weighted by molar-refractivity contribution is 0.318. The van der Waals surface area contributed by atoms with Gasteiger partial charge in [0, 0.05) is 25.0 Å². The maximum Gasteiger partial charge on any atom is 0.188 e. The highest BCUT2D eigenvalue weighted by Crippen LogP contribution is 2.26. The lowest BCUT2D eigenvalue weighted by Crippen LogP contribution is -2.21. The number of hydrogen-bond donors (Lipinski definition) is 2. The Hall–Kier alpha value is -1.78. The summed E-state index contributed by atoms with van der Waals surface area (Å²) in [6.45, 7) is 4.39. The Bertz CT molecular complexity index is 433. The van der Waals surface area contributed by atoms with Crippen LogP contribution in [0.3, 0.4) is 0 Å². The van der Waals surface area contributed by atoms with Crippen LogP contribution in [0.1, 0.15) is 31.9 Å². The van der Waals surface area contributed by atoms with Gasteiger partial charge in [0.15, 0.2) is 5.84 Å². The molecule has 1 aromatic heterocycles. The standard InChI is InChI=1S/C13H20N4O/c1-2-3-10-5-7-17(9-10)11-4-6-15-12(8-11)13(14)16-18/h4,6,8,10,18H,2-3,5,7,9H2,1H3,(H2,14,16). The molecule has 0 spiro atoms. The van der Waals surface area contributed by atoms with Crippen LogP contribution in [0.15, 0.2) is 23.5 Å². The molecule has 0 aliphatic carbocycles. The van der Waals surface area contributed by atoms with Crippen molar-refractivity contribution in [1.82, 2.24) is 4.98 Å². The van der Waals surface area contributed by atoms with E-state index in [2.05, 4.69) is 22.0 Å². The molecule has 1 atom stereocenters. The number of pyridine rings is 1. The van der Waals surface area contributed by atoms with Crippen LogP contribution in [0.2, 0.25) is 0 Å². The minimum atomic E-state index is 0.0566. The van der Waals surface area contributed by atoms with Crippen LogP contribution in [0, 0.1) is 5.92 Å². The average molecular weight is 248 g/mol. The van der Waals surface area contributed by atoms with Gasteiger partial charge in [-0.05, 0) is 30.9 Å². The molecule has 0 aromatic carbocycles. The largest absolute Gasteiger partial charge is 0.409 e. The van der Waals surface area contributed by atoms with Gasteiger partial charge in [0.05, 0.1) is 0 Å². The molecule has 1 fully saturated rings. The van der Waals surface area contributed by atoms with E-state index in [0.29, 0.717) is 5.69 Å². The van der Waals surface area contributed by atoms with Crippen molar-refractivity contribution in [2.75, 3.05) is 18.0 Å². The van der Waals surface area contributed by atoms with E-state index in [1.807, 2.05) is 12.1 Å². The molecule has 5 heteroatoms. The first kappa shape index (κ1) is 12.7. The molecular weight excluding hydrogens is 228 g/mol. The average Bonchev–Trinajstić information content (AvgIpc) is 2.87. The molecule has 1 aliphatic rings. The Kier molecular flexibility index (Phi) is 4.02. The first-order chi connectivity index (χ1) is 8.74. The van der Waals surface area contributed by atoms with E-state index in [1.165, 1.54) is 19.3 Å². The molecule has 0 bridgehead atoms. The number of nitrogens with zero attached hydrogens (tertiary/aromatic N) is 3. The van der Waals surface area contributed by atoms with Crippen LogP contribution in [0.5, 0.6) is 0 Å². The predicted molar refractivity (Wildman–Crippen MR) is 72.0 cm³/mol. The third kappa shape index (κ3) is 2.72. The van der Waals surface area contributed by atoms with E-state index in [1.54, 1.807) is 6.20 Å². The van der Waals surface area contributed by atoms with Gasteiger partial charge in [-0.25, -0.2) is 0 Å². The molecule has 98 valence electrons. The zero-order valence-corrected chi connectivity index (χ0v) is 10.7. The Morgan fingerprint density at radius 1 is 1.67 bits per heavy atom. The molecule has 1 aliphatic heterocycles. The van der Waals surface area contributed by atoms with E-state index in [-0.39, 0.29) is 5.84 Å². The van der Waals surface area contributed by atoms with Gasteiger partial charge in [-0.15, -0.1) is 0 Å². The summed E-state index contributed by atoms with van der Waals surface area (Å²) in [6.07, 6.45) is 5.48. The van der Waals surface area contributed by atoms with Crippen molar-refractivity contribution in [1.29, 1.82) is 0 Å². The number of amidine groups is 1. The predicted octanol–water partition coefficient (Wildman–Crippen LogP) is 1.80. The minimum Gasteiger partial charge on any atom is -0.409 e. The molecule has 5 nitrogen and oxygen atoms in total. The number of aromatic nitrogens is 1. The van der Waals surface area contributed by atoms with E-state index < -0.39 is 0 Å². The topological polar surface area (TPSA) is 74.7 Å². The van der Waals surface area contributed by atoms with Gasteiger partial charge in [-0.3, -0.25) is 4.98 Å². The van der Waals surface area contributed by atoms with Gasteiger partial charge in [0.1, 0.15) is 5.69 Å². The third-order valence-electron chi connectivity index (χ3n) is 3.46. The zero-order chi connectivity index (χ0) is 13.0. The van der Waals surface area contributed by atoms with Gasteiger partial charge in [0.2, 0.25) is 0 Å². The summed E-state index contributed by atoms with van der Waals surface area (Å²) < 4.78 is 0. The van der Waals surface area contributed by atoms with Gasteiger partial charge in [0.25, 0.3) is 0 Å². The third-order valence-corrected chi connectivity index (χ3v) is 3.46. The zero-order valence-electron chi connectivity index (χ0n) is 10.7. The molecule has 2 rings (SSSR count). The normalized spacial score (nSPS) is 20.4. The van der Waals surface area contributed by atoms with Gasteiger partial charge < -0.3 is 15.8 Å². The second-order valence-corrected chi connectivity index (χ2v) is 4.77. The molecule has 18 heavy (non-hydrogen) atoms. The first-order valence-electron chi connectivity index (χ1n) is 6.43. The highest BCUT2D eigenvalue weighted by Gasteiger charge is 2.22. The fourth-order valence-corrected chi connectivity index (χ4v) is 2.52. The number of nitrogens with two attached hydrogens (primary N) is 1. The van der Waals surface area contributed by atoms with Crippen LogP contribution in [-0.2, 0) is 0 Å². The van der Waals surface area contributed by atoms with Crippen LogP contribution in [-0.4, -0.2) is 29.1 Å². The van der Waals surface area contributed by atoms with E-state index >= 15 is 0 Å². The van der Waals surface area contributed by atoms with Crippen molar-refractivity contribution in [3.8, 4) is 0 Å². The highest BCUT2D eigenvalue weighted by atomic mass is 16.4. The monoisotopic (exact) mass is 248 g/mol. The Balaban J connectivity index is 2.10. The molecule has 0 amide bonds. The van der Waals surface area contributed by atoms with Crippen LogP contribution < -0.4 is 10.6 Å². The fraction of sp³-hybridized carbons (Fsp3) is 0.538. The van der Waals surface area contributed by atoms with E-state index in [9.17, 15) is 0 Å². The number of oxime groups is 1. The number of hydrogen-bond acceptors (Lipinski definition) is 4. The molecule has 0 radical (unpaired) electrons. The quantitative estimate of drug-likeness (QED) is 0.369. The lowest BCUT2D eigenvalue weighted by atomic mass is 10.0. The Labute approximate surface area is 107 Å². The molecule has 1 aromatic rings. The van der Waals surface area contributed by atoms with Crippen LogP contribution in [0.25, 0.3) is 0 Å². The van der Waals surface area contributed by atoms with Crippen molar-refractivity contribution in [3.63, 3.8) is 0 Å². The number of rotatable bonds is 4. The van der Waals surface area contributed by atoms with Crippen LogP contribution >= 0.6 is 0 Å². The molecule has 2 heterocycles. The van der Waals surface area contributed by atoms with Gasteiger partial charge in [-0.2, -0.15) is 0 Å². The first-order valence-corrected chi connectivity index (χ1v) is 6.43. The second kappa shape index (κ2) is 5.71. The Morgan fingerprint density at radius 3 is 3.22 bits per heavy atom. The minimum absolute atomic E-state index is 0.0566. The summed E-state index contributed by atoms with van der Waals surface area (Å²) in [5, 5.41) is 11.7. The summed E-state index contributed by atoms with van der Waals surface area (Å²) in [7, 11) is 0. The Morgan fingerprint density at radius 2 is 2.50 bits per heavy atom. The number of anilines is 1. The maximum absolute atomic E-state index is 8.67. The van der Waals surface area contributed by atoms with Gasteiger partial charge >= 0.3 is 0 Å². The smallest absolute Gasteiger partial charge is 0.188 e. The SMILES string of the molecule is CCCC1CCN(c2ccnc(/C(N)=N/O)c2)C1. The van der Waals surface area contributed by atoms with Crippen LogP contribution in [0.4, 0.5) is 5.69 Å². The summed E-state index contributed by atoms with van der Waals surface area (Å²) in [4.78, 5) is 6.44. The van der Waals surface area contributed by atoms with E-state index in [4.69, 9.17) is 10.9 Å². The second-order valence-electron chi connectivity index (χ2n) is 4.77. The van der Waals surface area contributed by atoms with Crippen molar-refractivity contribution >= 4 is 11.5 Å².